The van der Waals surface area contributed by atoms with Gasteiger partial charge < -0.3 is 14.9 Å². The molecule has 0 radical (unpaired) electrons. The average Bonchev–Trinajstić information content (AvgIpc) is 2.74. The van der Waals surface area contributed by atoms with Crippen molar-refractivity contribution in [2.45, 2.75) is 96.8 Å². The number of hydrogen-bond donors (Lipinski definition) is 2. The Labute approximate surface area is 200 Å². The van der Waals surface area contributed by atoms with Gasteiger partial charge in [-0.25, -0.2) is 0 Å². The maximum Gasteiger partial charge on any atom is 0.320 e. The van der Waals surface area contributed by atoms with Crippen LogP contribution in [-0.4, -0.2) is 84.3 Å². The lowest BCUT2D eigenvalue weighted by molar-refractivity contribution is -0.147. The molecule has 0 aromatic heterocycles. The molecule has 194 valence electrons. The zero-order valence-corrected chi connectivity index (χ0v) is 21.1. The van der Waals surface area contributed by atoms with Gasteiger partial charge >= 0.3 is 17.9 Å². The fraction of sp³-hybridized carbons (Fsp3) is 0.880. The summed E-state index contributed by atoms with van der Waals surface area (Å²) in [6, 6.07) is 0. The predicted molar refractivity (Wildman–Crippen MR) is 130 cm³/mol. The van der Waals surface area contributed by atoms with Crippen LogP contribution in [0.1, 0.15) is 96.8 Å². The van der Waals surface area contributed by atoms with Gasteiger partial charge in [0.15, 0.2) is 0 Å². The summed E-state index contributed by atoms with van der Waals surface area (Å²) in [5.74, 6) is -2.42. The van der Waals surface area contributed by atoms with Crippen molar-refractivity contribution in [3.63, 3.8) is 0 Å². The highest BCUT2D eigenvalue weighted by Gasteiger charge is 2.16. The van der Waals surface area contributed by atoms with Crippen LogP contribution in [0.4, 0.5) is 0 Å². The van der Waals surface area contributed by atoms with Gasteiger partial charge in [0.05, 0.1) is 26.2 Å². The molecule has 0 aliphatic carbocycles. The number of esters is 1. The lowest BCUT2D eigenvalue weighted by atomic mass is 10.0. The first-order valence-electron chi connectivity index (χ1n) is 12.8. The zero-order chi connectivity index (χ0) is 24.7. The van der Waals surface area contributed by atoms with Gasteiger partial charge in [0, 0.05) is 13.1 Å². The van der Waals surface area contributed by atoms with Crippen molar-refractivity contribution in [2.24, 2.45) is 0 Å². The first-order valence-corrected chi connectivity index (χ1v) is 12.8. The minimum absolute atomic E-state index is 0.105. The Morgan fingerprint density at radius 2 is 1.09 bits per heavy atom. The van der Waals surface area contributed by atoms with Crippen LogP contribution >= 0.6 is 0 Å². The number of carbonyl (C=O) groups is 3. The molecule has 0 amide bonds. The second-order valence-corrected chi connectivity index (χ2v) is 9.05. The molecule has 2 N–H and O–H groups in total. The van der Waals surface area contributed by atoms with Gasteiger partial charge in [0.1, 0.15) is 0 Å². The molecule has 8 heteroatoms. The van der Waals surface area contributed by atoms with Gasteiger partial charge in [-0.2, -0.15) is 0 Å². The number of hydrogen-bond acceptors (Lipinski definition) is 6. The highest BCUT2D eigenvalue weighted by molar-refractivity contribution is 5.74. The molecule has 0 saturated carbocycles. The van der Waals surface area contributed by atoms with Crippen molar-refractivity contribution in [3.8, 4) is 0 Å². The summed E-state index contributed by atoms with van der Waals surface area (Å²) in [6.45, 7) is 2.72. The highest BCUT2D eigenvalue weighted by Crippen LogP contribution is 2.13. The van der Waals surface area contributed by atoms with Crippen LogP contribution in [0.15, 0.2) is 0 Å². The molecule has 0 fully saturated rings. The second-order valence-electron chi connectivity index (χ2n) is 9.05. The smallest absolute Gasteiger partial charge is 0.320 e. The van der Waals surface area contributed by atoms with Gasteiger partial charge in [-0.1, -0.05) is 90.4 Å². The number of likely N-dealkylation sites (N-methyl/N-ethyl adjacent to an activating group) is 1. The minimum atomic E-state index is -1.03. The summed E-state index contributed by atoms with van der Waals surface area (Å²) in [4.78, 5) is 36.8. The molecule has 0 aliphatic heterocycles. The van der Waals surface area contributed by atoms with Gasteiger partial charge in [-0.3, -0.25) is 24.2 Å². The molecule has 0 bridgehead atoms. The number of carboxylic acid groups (broad SMARTS) is 2. The first-order chi connectivity index (χ1) is 15.8. The fourth-order valence-corrected chi connectivity index (χ4v) is 3.74. The maximum absolute atomic E-state index is 12.0. The van der Waals surface area contributed by atoms with Crippen LogP contribution < -0.4 is 0 Å². The molecule has 0 heterocycles. The summed E-state index contributed by atoms with van der Waals surface area (Å²) >= 11 is 0. The summed E-state index contributed by atoms with van der Waals surface area (Å²) in [5, 5.41) is 17.8. The van der Waals surface area contributed by atoms with Crippen molar-refractivity contribution in [1.82, 2.24) is 9.80 Å². The zero-order valence-electron chi connectivity index (χ0n) is 21.1. The molecule has 33 heavy (non-hydrogen) atoms. The van der Waals surface area contributed by atoms with Crippen LogP contribution in [0.25, 0.3) is 0 Å². The van der Waals surface area contributed by atoms with E-state index in [1.165, 1.54) is 75.5 Å². The highest BCUT2D eigenvalue weighted by atomic mass is 16.5. The van der Waals surface area contributed by atoms with Crippen LogP contribution in [0, 0.1) is 0 Å². The van der Waals surface area contributed by atoms with E-state index in [9.17, 15) is 14.4 Å². The third-order valence-electron chi connectivity index (χ3n) is 5.68. The van der Waals surface area contributed by atoms with Crippen LogP contribution in [0.2, 0.25) is 0 Å². The number of nitrogens with zero attached hydrogens (tertiary/aromatic N) is 2. The summed E-state index contributed by atoms with van der Waals surface area (Å²) in [6.07, 6.45) is 17.7. The summed E-state index contributed by atoms with van der Waals surface area (Å²) < 4.78 is 5.25. The van der Waals surface area contributed by atoms with E-state index in [0.717, 1.165) is 19.3 Å². The van der Waals surface area contributed by atoms with Crippen LogP contribution in [-0.2, 0) is 19.1 Å². The fourth-order valence-electron chi connectivity index (χ4n) is 3.74. The standard InChI is InChI=1S/C25H48N2O6/c1-3-4-5-6-7-8-9-10-11-12-13-14-15-16-19-33-25(32)22-27(21-24(30)31)18-17-26(2)20-23(28)29/h3-22H2,1-2H3,(H,28,29)(H,30,31). The lowest BCUT2D eigenvalue weighted by Gasteiger charge is -2.22. The Morgan fingerprint density at radius 3 is 1.55 bits per heavy atom. The predicted octanol–water partition coefficient (Wildman–Crippen LogP) is 4.41. The van der Waals surface area contributed by atoms with Gasteiger partial charge in [-0.05, 0) is 13.5 Å². The molecular formula is C25H48N2O6. The van der Waals surface area contributed by atoms with E-state index >= 15 is 0 Å². The molecule has 0 aliphatic rings. The number of rotatable bonds is 24. The van der Waals surface area contributed by atoms with Crippen LogP contribution in [0.5, 0.6) is 0 Å². The summed E-state index contributed by atoms with van der Waals surface area (Å²) in [7, 11) is 1.64. The number of aliphatic carboxylic acids is 2. The van der Waals surface area contributed by atoms with E-state index in [2.05, 4.69) is 6.92 Å². The summed E-state index contributed by atoms with van der Waals surface area (Å²) in [5.41, 5.74) is 0. The van der Waals surface area contributed by atoms with Gasteiger partial charge in [-0.15, -0.1) is 0 Å². The van der Waals surface area contributed by atoms with E-state index < -0.39 is 17.9 Å². The topological polar surface area (TPSA) is 107 Å². The number of unbranched alkanes of at least 4 members (excludes halogenated alkanes) is 13. The molecule has 0 aromatic rings. The molecule has 0 rings (SSSR count). The Morgan fingerprint density at radius 1 is 0.636 bits per heavy atom. The normalized spacial score (nSPS) is 11.3. The van der Waals surface area contributed by atoms with E-state index in [4.69, 9.17) is 14.9 Å². The number of ether oxygens (including phenoxy) is 1. The Kier molecular flexibility index (Phi) is 21.0. The maximum atomic E-state index is 12.0. The Bertz CT molecular complexity index is 515. The molecule has 0 atom stereocenters. The first kappa shape index (κ1) is 31.3. The molecular weight excluding hydrogens is 424 g/mol. The van der Waals surface area contributed by atoms with Crippen molar-refractivity contribution >= 4 is 17.9 Å². The monoisotopic (exact) mass is 472 g/mol. The van der Waals surface area contributed by atoms with E-state index in [1.807, 2.05) is 0 Å². The third kappa shape index (κ3) is 23.3. The van der Waals surface area contributed by atoms with Crippen molar-refractivity contribution in [1.29, 1.82) is 0 Å². The number of carboxylic acids is 2. The number of carbonyl (C=O) groups excluding carboxylic acids is 1. The van der Waals surface area contributed by atoms with Gasteiger partial charge in [0.25, 0.3) is 0 Å². The quantitative estimate of drug-likeness (QED) is 0.157. The Balaban J connectivity index is 3.69. The molecule has 0 saturated heterocycles. The average molecular weight is 473 g/mol. The van der Waals surface area contributed by atoms with E-state index in [1.54, 1.807) is 11.9 Å². The SMILES string of the molecule is CCCCCCCCCCCCCCCCOC(=O)CN(CCN(C)CC(=O)O)CC(=O)O. The molecule has 0 aromatic carbocycles. The second kappa shape index (κ2) is 22.1. The van der Waals surface area contributed by atoms with Crippen LogP contribution in [0.3, 0.4) is 0 Å². The molecule has 0 unspecified atom stereocenters. The molecule has 8 nitrogen and oxygen atoms in total. The van der Waals surface area contributed by atoms with E-state index in [-0.39, 0.29) is 26.2 Å². The lowest BCUT2D eigenvalue weighted by Crippen LogP contribution is -2.41. The molecule has 0 spiro atoms. The van der Waals surface area contributed by atoms with Crippen molar-refractivity contribution in [2.75, 3.05) is 46.4 Å². The third-order valence-corrected chi connectivity index (χ3v) is 5.68. The van der Waals surface area contributed by atoms with Gasteiger partial charge in [0.2, 0.25) is 0 Å². The van der Waals surface area contributed by atoms with E-state index in [0.29, 0.717) is 13.2 Å². The largest absolute Gasteiger partial charge is 0.480 e. The van der Waals surface area contributed by atoms with Crippen molar-refractivity contribution in [3.05, 3.63) is 0 Å². The van der Waals surface area contributed by atoms with Crippen molar-refractivity contribution < 1.29 is 29.3 Å². The Hall–Kier alpha value is -1.67. The minimum Gasteiger partial charge on any atom is -0.480 e.